The first-order valence-electron chi connectivity index (χ1n) is 3.07. The van der Waals surface area contributed by atoms with Crippen LogP contribution >= 0.6 is 36.4 Å². The number of hydrogen-bond acceptors (Lipinski definition) is 2. The van der Waals surface area contributed by atoms with Crippen LogP contribution in [0.5, 0.6) is 0 Å². The van der Waals surface area contributed by atoms with Gasteiger partial charge >= 0.3 is 0 Å². The molecule has 0 spiro atoms. The maximum Gasteiger partial charge on any atom is 0.0634 e. The van der Waals surface area contributed by atoms with Crippen LogP contribution in [0.15, 0.2) is 18.5 Å². The number of halogens is 3. The van der Waals surface area contributed by atoms with E-state index in [0.717, 1.165) is 17.1 Å². The first kappa shape index (κ1) is 14.5. The van der Waals surface area contributed by atoms with Crippen LogP contribution in [0.1, 0.15) is 5.56 Å². The average Bonchev–Trinajstić information content (AvgIpc) is 1.94. The molecule has 0 saturated heterocycles. The summed E-state index contributed by atoms with van der Waals surface area (Å²) in [6.45, 7) is 0.793. The maximum absolute atomic E-state index is 5.80. The highest BCUT2D eigenvalue weighted by molar-refractivity contribution is 6.31. The van der Waals surface area contributed by atoms with Crippen molar-refractivity contribution in [3.63, 3.8) is 0 Å². The number of pyridine rings is 1. The Kier molecular flexibility index (Phi) is 9.21. The van der Waals surface area contributed by atoms with Crippen LogP contribution in [0.25, 0.3) is 0 Å². The van der Waals surface area contributed by atoms with Gasteiger partial charge in [-0.25, -0.2) is 0 Å². The molecule has 0 aliphatic heterocycles. The first-order chi connectivity index (χ1) is 4.84. The molecule has 12 heavy (non-hydrogen) atoms. The van der Waals surface area contributed by atoms with E-state index in [-0.39, 0.29) is 24.8 Å². The zero-order chi connectivity index (χ0) is 7.40. The van der Waals surface area contributed by atoms with Gasteiger partial charge in [0.1, 0.15) is 0 Å². The molecule has 0 atom stereocenters. The zero-order valence-corrected chi connectivity index (χ0v) is 8.97. The summed E-state index contributed by atoms with van der Waals surface area (Å²) in [7, 11) is 1.89. The van der Waals surface area contributed by atoms with E-state index >= 15 is 0 Å². The van der Waals surface area contributed by atoms with Crippen molar-refractivity contribution in [2.24, 2.45) is 0 Å². The molecule has 0 radical (unpaired) electrons. The molecule has 0 amide bonds. The van der Waals surface area contributed by atoms with Gasteiger partial charge in [-0.05, 0) is 18.7 Å². The van der Waals surface area contributed by atoms with Gasteiger partial charge < -0.3 is 5.32 Å². The van der Waals surface area contributed by atoms with Gasteiger partial charge in [0, 0.05) is 18.9 Å². The molecule has 1 heterocycles. The lowest BCUT2D eigenvalue weighted by Crippen LogP contribution is -2.05. The number of aromatic nitrogens is 1. The topological polar surface area (TPSA) is 24.9 Å². The summed E-state index contributed by atoms with van der Waals surface area (Å²) in [6, 6.07) is 1.90. The van der Waals surface area contributed by atoms with Gasteiger partial charge in [0.2, 0.25) is 0 Å². The highest BCUT2D eigenvalue weighted by Crippen LogP contribution is 2.11. The highest BCUT2D eigenvalue weighted by Gasteiger charge is 1.95. The fraction of sp³-hybridized carbons (Fsp3) is 0.286. The van der Waals surface area contributed by atoms with Crippen LogP contribution in [-0.2, 0) is 6.54 Å². The van der Waals surface area contributed by atoms with Crippen molar-refractivity contribution in [2.45, 2.75) is 6.54 Å². The molecular formula is C7H11Cl3N2. The monoisotopic (exact) mass is 228 g/mol. The van der Waals surface area contributed by atoms with Crippen LogP contribution in [0.3, 0.4) is 0 Å². The Morgan fingerprint density at radius 3 is 2.67 bits per heavy atom. The molecular weight excluding hydrogens is 218 g/mol. The standard InChI is InChI=1S/C7H9ClN2.2ClH/c1-9-4-6-2-3-10-5-7(6)8;;/h2-3,5,9H,4H2,1H3;2*1H. The maximum atomic E-state index is 5.80. The lowest BCUT2D eigenvalue weighted by molar-refractivity contribution is 0.816. The van der Waals surface area contributed by atoms with Crippen molar-refractivity contribution in [1.82, 2.24) is 10.3 Å². The Morgan fingerprint density at radius 1 is 1.50 bits per heavy atom. The predicted molar refractivity (Wildman–Crippen MR) is 56.5 cm³/mol. The fourth-order valence-electron chi connectivity index (χ4n) is 0.738. The molecule has 70 valence electrons. The third kappa shape index (κ3) is 4.12. The molecule has 1 aromatic heterocycles. The fourth-order valence-corrected chi connectivity index (χ4v) is 0.924. The third-order valence-corrected chi connectivity index (χ3v) is 1.56. The summed E-state index contributed by atoms with van der Waals surface area (Å²) in [6.07, 6.45) is 3.38. The Balaban J connectivity index is 0. The van der Waals surface area contributed by atoms with E-state index in [0.29, 0.717) is 0 Å². The third-order valence-electron chi connectivity index (χ3n) is 1.22. The van der Waals surface area contributed by atoms with Gasteiger partial charge in [0.25, 0.3) is 0 Å². The van der Waals surface area contributed by atoms with Crippen LogP contribution in [-0.4, -0.2) is 12.0 Å². The molecule has 0 saturated carbocycles. The second kappa shape index (κ2) is 7.62. The SMILES string of the molecule is CNCc1ccncc1Cl.Cl.Cl. The van der Waals surface area contributed by atoms with E-state index in [9.17, 15) is 0 Å². The van der Waals surface area contributed by atoms with E-state index in [1.165, 1.54) is 0 Å². The van der Waals surface area contributed by atoms with Gasteiger partial charge in [0.05, 0.1) is 5.02 Å². The molecule has 0 fully saturated rings. The first-order valence-corrected chi connectivity index (χ1v) is 3.45. The molecule has 2 nitrogen and oxygen atoms in total. The molecule has 5 heteroatoms. The van der Waals surface area contributed by atoms with Gasteiger partial charge in [0.15, 0.2) is 0 Å². The molecule has 0 aromatic carbocycles. The van der Waals surface area contributed by atoms with Crippen molar-refractivity contribution in [2.75, 3.05) is 7.05 Å². The van der Waals surface area contributed by atoms with Gasteiger partial charge in [-0.2, -0.15) is 0 Å². The van der Waals surface area contributed by atoms with Crippen LogP contribution in [0, 0.1) is 0 Å². The van der Waals surface area contributed by atoms with Gasteiger partial charge in [-0.15, -0.1) is 24.8 Å². The van der Waals surface area contributed by atoms with Crippen molar-refractivity contribution >= 4 is 36.4 Å². The van der Waals surface area contributed by atoms with Gasteiger partial charge in [-0.1, -0.05) is 11.6 Å². The largest absolute Gasteiger partial charge is 0.316 e. The molecule has 0 aliphatic carbocycles. The molecule has 0 unspecified atom stereocenters. The quantitative estimate of drug-likeness (QED) is 0.842. The van der Waals surface area contributed by atoms with E-state index in [1.54, 1.807) is 12.4 Å². The lowest BCUT2D eigenvalue weighted by atomic mass is 10.3. The smallest absolute Gasteiger partial charge is 0.0634 e. The summed E-state index contributed by atoms with van der Waals surface area (Å²) in [4.78, 5) is 3.87. The van der Waals surface area contributed by atoms with Crippen molar-refractivity contribution in [3.05, 3.63) is 29.0 Å². The zero-order valence-electron chi connectivity index (χ0n) is 6.58. The normalized spacial score (nSPS) is 8.17. The molecule has 0 bridgehead atoms. The highest BCUT2D eigenvalue weighted by atomic mass is 35.5. The van der Waals surface area contributed by atoms with E-state index < -0.39 is 0 Å². The lowest BCUT2D eigenvalue weighted by Gasteiger charge is -1.99. The van der Waals surface area contributed by atoms with Crippen LogP contribution < -0.4 is 5.32 Å². The summed E-state index contributed by atoms with van der Waals surface area (Å²) in [5.41, 5.74) is 1.08. The van der Waals surface area contributed by atoms with E-state index in [4.69, 9.17) is 11.6 Å². The van der Waals surface area contributed by atoms with Crippen molar-refractivity contribution < 1.29 is 0 Å². The minimum absolute atomic E-state index is 0. The number of nitrogens with one attached hydrogen (secondary N) is 1. The second-order valence-corrected chi connectivity index (χ2v) is 2.40. The van der Waals surface area contributed by atoms with Crippen LogP contribution in [0.4, 0.5) is 0 Å². The predicted octanol–water partition coefficient (Wildman–Crippen LogP) is 2.30. The minimum atomic E-state index is 0. The second-order valence-electron chi connectivity index (χ2n) is 2.00. The van der Waals surface area contributed by atoms with E-state index in [1.807, 2.05) is 13.1 Å². The van der Waals surface area contributed by atoms with Crippen LogP contribution in [0.2, 0.25) is 5.02 Å². The molecule has 0 aliphatic rings. The minimum Gasteiger partial charge on any atom is -0.316 e. The number of hydrogen-bond donors (Lipinski definition) is 1. The molecule has 1 rings (SSSR count). The van der Waals surface area contributed by atoms with Crippen molar-refractivity contribution in [3.8, 4) is 0 Å². The summed E-state index contributed by atoms with van der Waals surface area (Å²) in [5.74, 6) is 0. The summed E-state index contributed by atoms with van der Waals surface area (Å²) < 4.78 is 0. The number of rotatable bonds is 2. The summed E-state index contributed by atoms with van der Waals surface area (Å²) in [5, 5.41) is 3.73. The van der Waals surface area contributed by atoms with E-state index in [2.05, 4.69) is 10.3 Å². The Hall–Kier alpha value is -0.0200. The number of nitrogens with zero attached hydrogens (tertiary/aromatic N) is 1. The molecule has 1 aromatic rings. The van der Waals surface area contributed by atoms with Crippen molar-refractivity contribution in [1.29, 1.82) is 0 Å². The molecule has 1 N–H and O–H groups in total. The Bertz CT molecular complexity index is 218. The van der Waals surface area contributed by atoms with Gasteiger partial charge in [-0.3, -0.25) is 4.98 Å². The Labute approximate surface area is 89.5 Å². The summed E-state index contributed by atoms with van der Waals surface area (Å²) >= 11 is 5.80. The Morgan fingerprint density at radius 2 is 2.17 bits per heavy atom. The average molecular weight is 230 g/mol.